The second-order valence-corrected chi connectivity index (χ2v) is 6.27. The molecule has 0 saturated carbocycles. The third-order valence-corrected chi connectivity index (χ3v) is 3.79. The molecule has 0 fully saturated rings. The fraction of sp³-hybridized carbons (Fsp3) is 0.190. The van der Waals surface area contributed by atoms with E-state index in [-0.39, 0.29) is 17.6 Å². The SMILES string of the molecule is COc1ccccc1/C(O)=C/C(=O)C(=O)Nc1cccc(NC(=O)C(C)C)c1. The molecule has 0 spiro atoms. The molecule has 0 aliphatic rings. The normalized spacial score (nSPS) is 11.1. The van der Waals surface area contributed by atoms with Gasteiger partial charge in [0.05, 0.1) is 12.7 Å². The second kappa shape index (κ2) is 9.36. The Balaban J connectivity index is 2.10. The van der Waals surface area contributed by atoms with Gasteiger partial charge in [0.25, 0.3) is 5.91 Å². The van der Waals surface area contributed by atoms with Crippen molar-refractivity contribution in [3.05, 3.63) is 60.2 Å². The summed E-state index contributed by atoms with van der Waals surface area (Å²) in [6.45, 7) is 3.53. The molecule has 3 N–H and O–H groups in total. The smallest absolute Gasteiger partial charge is 0.296 e. The summed E-state index contributed by atoms with van der Waals surface area (Å²) in [5.41, 5.74) is 1.13. The molecule has 0 aromatic heterocycles. The number of methoxy groups -OCH3 is 1. The van der Waals surface area contributed by atoms with Gasteiger partial charge in [-0.3, -0.25) is 14.4 Å². The van der Waals surface area contributed by atoms with Gasteiger partial charge in [-0.1, -0.05) is 32.0 Å². The maximum Gasteiger partial charge on any atom is 0.296 e. The number of aliphatic hydroxyl groups is 1. The lowest BCUT2D eigenvalue weighted by molar-refractivity contribution is -0.131. The van der Waals surface area contributed by atoms with Crippen LogP contribution >= 0.6 is 0 Å². The molecular weight excluding hydrogens is 360 g/mol. The number of anilines is 2. The van der Waals surface area contributed by atoms with Crippen LogP contribution < -0.4 is 15.4 Å². The minimum atomic E-state index is -0.931. The monoisotopic (exact) mass is 382 g/mol. The number of ketones is 1. The van der Waals surface area contributed by atoms with E-state index in [1.54, 1.807) is 56.3 Å². The van der Waals surface area contributed by atoms with Gasteiger partial charge in [-0.2, -0.15) is 0 Å². The van der Waals surface area contributed by atoms with Crippen LogP contribution in [0.3, 0.4) is 0 Å². The van der Waals surface area contributed by atoms with Crippen LogP contribution in [0.5, 0.6) is 5.75 Å². The van der Waals surface area contributed by atoms with Crippen LogP contribution in [0.2, 0.25) is 0 Å². The van der Waals surface area contributed by atoms with E-state index in [0.717, 1.165) is 6.08 Å². The third kappa shape index (κ3) is 5.44. The summed E-state index contributed by atoms with van der Waals surface area (Å²) in [5.74, 6) is -2.21. The summed E-state index contributed by atoms with van der Waals surface area (Å²) >= 11 is 0. The van der Waals surface area contributed by atoms with Gasteiger partial charge in [0, 0.05) is 23.4 Å². The van der Waals surface area contributed by atoms with Gasteiger partial charge < -0.3 is 20.5 Å². The average Bonchev–Trinajstić information content (AvgIpc) is 2.67. The Labute approximate surface area is 163 Å². The lowest BCUT2D eigenvalue weighted by atomic mass is 10.1. The minimum absolute atomic E-state index is 0.163. The number of carbonyl (C=O) groups is 3. The molecule has 2 aromatic carbocycles. The van der Waals surface area contributed by atoms with Crippen LogP contribution in [0.1, 0.15) is 19.4 Å². The van der Waals surface area contributed by atoms with Crippen molar-refractivity contribution in [2.45, 2.75) is 13.8 Å². The zero-order valence-corrected chi connectivity index (χ0v) is 15.9. The lowest BCUT2D eigenvalue weighted by Crippen LogP contribution is -2.21. The molecule has 0 aliphatic carbocycles. The fourth-order valence-electron chi connectivity index (χ4n) is 2.28. The van der Waals surface area contributed by atoms with E-state index in [0.29, 0.717) is 22.7 Å². The Bertz CT molecular complexity index is 919. The largest absolute Gasteiger partial charge is 0.507 e. The molecule has 0 unspecified atom stereocenters. The minimum Gasteiger partial charge on any atom is -0.507 e. The first-order chi connectivity index (χ1) is 13.3. The number of amides is 2. The third-order valence-electron chi connectivity index (χ3n) is 3.79. The quantitative estimate of drug-likeness (QED) is 0.387. The number of para-hydroxylation sites is 1. The van der Waals surface area contributed by atoms with Crippen molar-refractivity contribution in [3.8, 4) is 5.75 Å². The van der Waals surface area contributed by atoms with Gasteiger partial charge in [0.1, 0.15) is 11.5 Å². The molecule has 0 bridgehead atoms. The van der Waals surface area contributed by atoms with Crippen LogP contribution in [0.15, 0.2) is 54.6 Å². The van der Waals surface area contributed by atoms with Crippen LogP contribution in [0.25, 0.3) is 5.76 Å². The number of hydrogen-bond donors (Lipinski definition) is 3. The van der Waals surface area contributed by atoms with Gasteiger partial charge in [0.15, 0.2) is 0 Å². The van der Waals surface area contributed by atoms with Crippen molar-refractivity contribution in [2.75, 3.05) is 17.7 Å². The molecule has 146 valence electrons. The van der Waals surface area contributed by atoms with E-state index >= 15 is 0 Å². The Morgan fingerprint density at radius 3 is 2.29 bits per heavy atom. The summed E-state index contributed by atoms with van der Waals surface area (Å²) < 4.78 is 5.12. The molecular formula is C21H22N2O5. The second-order valence-electron chi connectivity index (χ2n) is 6.27. The van der Waals surface area contributed by atoms with Crippen molar-refractivity contribution in [3.63, 3.8) is 0 Å². The first-order valence-corrected chi connectivity index (χ1v) is 8.62. The van der Waals surface area contributed by atoms with Gasteiger partial charge in [-0.25, -0.2) is 0 Å². The highest BCUT2D eigenvalue weighted by atomic mass is 16.5. The van der Waals surface area contributed by atoms with Crippen molar-refractivity contribution in [1.82, 2.24) is 0 Å². The van der Waals surface area contributed by atoms with Crippen LogP contribution in [-0.4, -0.2) is 29.8 Å². The lowest BCUT2D eigenvalue weighted by Gasteiger charge is -2.10. The highest BCUT2D eigenvalue weighted by molar-refractivity contribution is 6.45. The summed E-state index contributed by atoms with van der Waals surface area (Å²) in [6, 6.07) is 13.0. The molecule has 0 saturated heterocycles. The first kappa shape index (κ1) is 20.7. The molecule has 2 rings (SSSR count). The van der Waals surface area contributed by atoms with Gasteiger partial charge >= 0.3 is 0 Å². The Kier molecular flexibility index (Phi) is 6.92. The number of carbonyl (C=O) groups excluding carboxylic acids is 3. The Morgan fingerprint density at radius 1 is 1.00 bits per heavy atom. The Morgan fingerprint density at radius 2 is 1.64 bits per heavy atom. The summed E-state index contributed by atoms with van der Waals surface area (Å²) in [6.07, 6.45) is 0.831. The van der Waals surface area contributed by atoms with Gasteiger partial charge in [-0.15, -0.1) is 0 Å². The number of rotatable bonds is 7. The number of ether oxygens (including phenoxy) is 1. The van der Waals surface area contributed by atoms with Gasteiger partial charge in [-0.05, 0) is 30.3 Å². The van der Waals surface area contributed by atoms with E-state index in [4.69, 9.17) is 4.74 Å². The van der Waals surface area contributed by atoms with Crippen LogP contribution in [0, 0.1) is 5.92 Å². The molecule has 0 atom stereocenters. The molecule has 2 aromatic rings. The number of nitrogens with one attached hydrogen (secondary N) is 2. The molecule has 0 aliphatic heterocycles. The van der Waals surface area contributed by atoms with E-state index in [1.165, 1.54) is 13.2 Å². The van der Waals surface area contributed by atoms with Crippen molar-refractivity contribution >= 4 is 34.7 Å². The molecule has 0 radical (unpaired) electrons. The average molecular weight is 382 g/mol. The molecule has 0 heterocycles. The van der Waals surface area contributed by atoms with Crippen molar-refractivity contribution in [2.24, 2.45) is 5.92 Å². The van der Waals surface area contributed by atoms with E-state index in [9.17, 15) is 19.5 Å². The maximum atomic E-state index is 12.1. The Hall–Kier alpha value is -3.61. The molecule has 28 heavy (non-hydrogen) atoms. The topological polar surface area (TPSA) is 105 Å². The standard InChI is InChI=1S/C21H22N2O5/c1-13(2)20(26)22-14-7-6-8-15(11-14)23-21(27)18(25)12-17(24)16-9-4-5-10-19(16)28-3/h4-13,24H,1-3H3,(H,22,26)(H,23,27)/b17-12-. The predicted molar refractivity (Wildman–Crippen MR) is 107 cm³/mol. The maximum absolute atomic E-state index is 12.1. The molecule has 7 nitrogen and oxygen atoms in total. The number of aliphatic hydroxyl groups excluding tert-OH is 1. The van der Waals surface area contributed by atoms with E-state index in [2.05, 4.69) is 10.6 Å². The fourth-order valence-corrected chi connectivity index (χ4v) is 2.28. The summed E-state index contributed by atoms with van der Waals surface area (Å²) in [7, 11) is 1.44. The van der Waals surface area contributed by atoms with Crippen molar-refractivity contribution < 1.29 is 24.2 Å². The van der Waals surface area contributed by atoms with Crippen LogP contribution in [-0.2, 0) is 14.4 Å². The van der Waals surface area contributed by atoms with Crippen LogP contribution in [0.4, 0.5) is 11.4 Å². The molecule has 2 amide bonds. The number of hydrogen-bond acceptors (Lipinski definition) is 5. The zero-order valence-electron chi connectivity index (χ0n) is 15.9. The highest BCUT2D eigenvalue weighted by Gasteiger charge is 2.15. The summed E-state index contributed by atoms with van der Waals surface area (Å²) in [4.78, 5) is 36.0. The molecule has 7 heteroatoms. The summed E-state index contributed by atoms with van der Waals surface area (Å²) in [5, 5.41) is 15.3. The van der Waals surface area contributed by atoms with E-state index < -0.39 is 11.7 Å². The number of benzene rings is 2. The highest BCUT2D eigenvalue weighted by Crippen LogP contribution is 2.24. The van der Waals surface area contributed by atoms with Crippen molar-refractivity contribution in [1.29, 1.82) is 0 Å². The van der Waals surface area contributed by atoms with E-state index in [1.807, 2.05) is 0 Å². The first-order valence-electron chi connectivity index (χ1n) is 8.62. The van der Waals surface area contributed by atoms with Gasteiger partial charge in [0.2, 0.25) is 11.7 Å². The predicted octanol–water partition coefficient (Wildman–Crippen LogP) is 3.40. The zero-order chi connectivity index (χ0) is 20.7.